The van der Waals surface area contributed by atoms with Crippen LogP contribution < -0.4 is 0 Å². The van der Waals surface area contributed by atoms with Crippen molar-refractivity contribution in [2.45, 2.75) is 13.8 Å². The lowest BCUT2D eigenvalue weighted by atomic mass is 10.2. The van der Waals surface area contributed by atoms with E-state index in [-0.39, 0.29) is 0 Å². The Bertz CT molecular complexity index is 389. The molecule has 0 unspecified atom stereocenters. The third kappa shape index (κ3) is 1.03. The van der Waals surface area contributed by atoms with Crippen molar-refractivity contribution >= 4 is 21.6 Å². The van der Waals surface area contributed by atoms with Gasteiger partial charge in [-0.2, -0.15) is 0 Å². The van der Waals surface area contributed by atoms with Crippen LogP contribution in [-0.2, 0) is 0 Å². The average molecular weight is 163 g/mol. The van der Waals surface area contributed by atoms with Crippen LogP contribution in [0.25, 0.3) is 10.2 Å². The Morgan fingerprint density at radius 3 is 3.00 bits per heavy atom. The molecule has 0 aliphatic rings. The molecule has 2 aromatic rings. The molecule has 0 aliphatic carbocycles. The minimum Gasteiger partial charge on any atom is -0.252 e. The van der Waals surface area contributed by atoms with Crippen LogP contribution in [0.5, 0.6) is 0 Å². The molecule has 0 atom stereocenters. The van der Waals surface area contributed by atoms with Crippen molar-refractivity contribution in [1.82, 2.24) is 4.98 Å². The van der Waals surface area contributed by atoms with E-state index in [1.165, 1.54) is 10.3 Å². The Balaban J connectivity index is 2.91. The van der Waals surface area contributed by atoms with Gasteiger partial charge in [0.1, 0.15) is 0 Å². The molecule has 2 heterocycles. The van der Waals surface area contributed by atoms with Crippen molar-refractivity contribution in [3.8, 4) is 0 Å². The molecule has 2 rings (SSSR count). The molecule has 0 N–H and O–H groups in total. The highest BCUT2D eigenvalue weighted by Gasteiger charge is 1.99. The Hall–Kier alpha value is -0.890. The molecule has 0 aromatic carbocycles. The lowest BCUT2D eigenvalue weighted by Crippen LogP contribution is -1.82. The summed E-state index contributed by atoms with van der Waals surface area (Å²) >= 11 is 1.76. The summed E-state index contributed by atoms with van der Waals surface area (Å²) in [5.74, 6) is 0. The molecule has 0 radical (unpaired) electrons. The first-order chi connectivity index (χ1) is 5.27. The van der Waals surface area contributed by atoms with Gasteiger partial charge in [0, 0.05) is 5.69 Å². The zero-order chi connectivity index (χ0) is 7.84. The lowest BCUT2D eigenvalue weighted by Gasteiger charge is -1.96. The molecule has 0 saturated carbocycles. The first-order valence-electron chi connectivity index (χ1n) is 3.59. The number of pyridine rings is 1. The molecular weight excluding hydrogens is 154 g/mol. The maximum atomic E-state index is 4.41. The summed E-state index contributed by atoms with van der Waals surface area (Å²) in [5.41, 5.74) is 3.57. The summed E-state index contributed by atoms with van der Waals surface area (Å²) in [6.45, 7) is 4.16. The predicted molar refractivity (Wildman–Crippen MR) is 49.1 cm³/mol. The van der Waals surface area contributed by atoms with Gasteiger partial charge in [0.15, 0.2) is 0 Å². The van der Waals surface area contributed by atoms with Crippen LogP contribution in [0.15, 0.2) is 17.5 Å². The zero-order valence-corrected chi connectivity index (χ0v) is 7.40. The third-order valence-corrected chi connectivity index (χ3v) is 2.76. The molecule has 0 bridgehead atoms. The minimum atomic E-state index is 1.11. The monoisotopic (exact) mass is 163 g/mol. The Morgan fingerprint density at radius 1 is 1.36 bits per heavy atom. The van der Waals surface area contributed by atoms with Crippen LogP contribution in [0.1, 0.15) is 11.3 Å². The van der Waals surface area contributed by atoms with E-state index in [1.807, 2.05) is 6.92 Å². The van der Waals surface area contributed by atoms with Crippen molar-refractivity contribution in [3.05, 3.63) is 28.8 Å². The molecular formula is C9H9NS. The Kier molecular flexibility index (Phi) is 1.43. The Labute approximate surface area is 69.7 Å². The number of aryl methyl sites for hydroxylation is 2. The van der Waals surface area contributed by atoms with Crippen molar-refractivity contribution in [1.29, 1.82) is 0 Å². The fourth-order valence-corrected chi connectivity index (χ4v) is 2.10. The first kappa shape index (κ1) is 6.80. The van der Waals surface area contributed by atoms with E-state index in [9.17, 15) is 0 Å². The largest absolute Gasteiger partial charge is 0.252 e. The van der Waals surface area contributed by atoms with Gasteiger partial charge in [0.2, 0.25) is 0 Å². The number of aromatic nitrogens is 1. The molecule has 56 valence electrons. The maximum absolute atomic E-state index is 4.41. The van der Waals surface area contributed by atoms with Crippen LogP contribution >= 0.6 is 11.3 Å². The summed E-state index contributed by atoms with van der Waals surface area (Å²) in [5, 5.41) is 2.09. The SMILES string of the molecule is Cc1cc(C)c2sccc2n1. The molecule has 0 amide bonds. The minimum absolute atomic E-state index is 1.11. The summed E-state index contributed by atoms with van der Waals surface area (Å²) < 4.78 is 1.32. The number of hydrogen-bond donors (Lipinski definition) is 0. The number of fused-ring (bicyclic) bond motifs is 1. The van der Waals surface area contributed by atoms with Crippen molar-refractivity contribution in [3.63, 3.8) is 0 Å². The second-order valence-corrected chi connectivity index (χ2v) is 3.63. The zero-order valence-electron chi connectivity index (χ0n) is 6.59. The molecule has 2 heteroatoms. The highest BCUT2D eigenvalue weighted by atomic mass is 32.1. The van der Waals surface area contributed by atoms with E-state index in [4.69, 9.17) is 0 Å². The van der Waals surface area contributed by atoms with Gasteiger partial charge < -0.3 is 0 Å². The fourth-order valence-electron chi connectivity index (χ4n) is 1.29. The fraction of sp³-hybridized carbons (Fsp3) is 0.222. The number of hydrogen-bond acceptors (Lipinski definition) is 2. The standard InChI is InChI=1S/C9H9NS/c1-6-5-7(2)10-8-3-4-11-9(6)8/h3-5H,1-2H3. The molecule has 0 aliphatic heterocycles. The normalized spacial score (nSPS) is 10.7. The van der Waals surface area contributed by atoms with Crippen LogP contribution in [-0.4, -0.2) is 4.98 Å². The number of thiophene rings is 1. The van der Waals surface area contributed by atoms with Gasteiger partial charge in [-0.3, -0.25) is 4.98 Å². The van der Waals surface area contributed by atoms with Crippen molar-refractivity contribution < 1.29 is 0 Å². The van der Waals surface area contributed by atoms with Crippen LogP contribution in [0.2, 0.25) is 0 Å². The quantitative estimate of drug-likeness (QED) is 0.582. The van der Waals surface area contributed by atoms with Gasteiger partial charge in [0.25, 0.3) is 0 Å². The average Bonchev–Trinajstić information content (AvgIpc) is 2.34. The highest BCUT2D eigenvalue weighted by Crippen LogP contribution is 2.22. The summed E-state index contributed by atoms with van der Waals surface area (Å²) in [6.07, 6.45) is 0. The van der Waals surface area contributed by atoms with Gasteiger partial charge in [-0.05, 0) is 36.9 Å². The molecule has 11 heavy (non-hydrogen) atoms. The smallest absolute Gasteiger partial charge is 0.0815 e. The van der Waals surface area contributed by atoms with Gasteiger partial charge >= 0.3 is 0 Å². The van der Waals surface area contributed by atoms with Gasteiger partial charge in [-0.1, -0.05) is 0 Å². The van der Waals surface area contributed by atoms with Gasteiger partial charge in [-0.25, -0.2) is 0 Å². The van der Waals surface area contributed by atoms with E-state index >= 15 is 0 Å². The molecule has 0 fully saturated rings. The number of nitrogens with zero attached hydrogens (tertiary/aromatic N) is 1. The van der Waals surface area contributed by atoms with E-state index in [1.54, 1.807) is 11.3 Å². The lowest BCUT2D eigenvalue weighted by molar-refractivity contribution is 1.24. The number of rotatable bonds is 0. The van der Waals surface area contributed by atoms with Gasteiger partial charge in [-0.15, -0.1) is 11.3 Å². The predicted octanol–water partition coefficient (Wildman–Crippen LogP) is 2.91. The van der Waals surface area contributed by atoms with Crippen LogP contribution in [0.4, 0.5) is 0 Å². The van der Waals surface area contributed by atoms with Gasteiger partial charge in [0.05, 0.1) is 10.2 Å². The highest BCUT2D eigenvalue weighted by molar-refractivity contribution is 7.17. The third-order valence-electron chi connectivity index (χ3n) is 1.72. The van der Waals surface area contributed by atoms with E-state index in [0.717, 1.165) is 11.2 Å². The second-order valence-electron chi connectivity index (χ2n) is 2.72. The molecule has 0 saturated heterocycles. The van der Waals surface area contributed by atoms with E-state index < -0.39 is 0 Å². The van der Waals surface area contributed by atoms with Crippen LogP contribution in [0.3, 0.4) is 0 Å². The topological polar surface area (TPSA) is 12.9 Å². The maximum Gasteiger partial charge on any atom is 0.0815 e. The molecule has 2 aromatic heterocycles. The second kappa shape index (κ2) is 2.31. The summed E-state index contributed by atoms with van der Waals surface area (Å²) in [7, 11) is 0. The molecule has 1 nitrogen and oxygen atoms in total. The van der Waals surface area contributed by atoms with Crippen molar-refractivity contribution in [2.24, 2.45) is 0 Å². The summed E-state index contributed by atoms with van der Waals surface area (Å²) in [4.78, 5) is 4.41. The van der Waals surface area contributed by atoms with Crippen molar-refractivity contribution in [2.75, 3.05) is 0 Å². The van der Waals surface area contributed by atoms with E-state index in [2.05, 4.69) is 29.4 Å². The first-order valence-corrected chi connectivity index (χ1v) is 4.47. The molecule has 0 spiro atoms. The Morgan fingerprint density at radius 2 is 2.18 bits per heavy atom. The summed E-state index contributed by atoms with van der Waals surface area (Å²) in [6, 6.07) is 4.19. The van der Waals surface area contributed by atoms with E-state index in [0.29, 0.717) is 0 Å². The van der Waals surface area contributed by atoms with Crippen LogP contribution in [0, 0.1) is 13.8 Å².